The first kappa shape index (κ1) is 20.6. The Labute approximate surface area is 169 Å². The van der Waals surface area contributed by atoms with Crippen LogP contribution in [0.5, 0.6) is 5.75 Å². The van der Waals surface area contributed by atoms with Crippen molar-refractivity contribution in [1.29, 1.82) is 0 Å². The molecule has 3 N–H and O–H groups in total. The molecule has 1 aliphatic rings. The van der Waals surface area contributed by atoms with Crippen LogP contribution in [-0.2, 0) is 4.79 Å². The molecule has 2 aromatic rings. The largest absolute Gasteiger partial charge is 0.490 e. The zero-order chi connectivity index (χ0) is 20.6. The highest BCUT2D eigenvalue weighted by Gasteiger charge is 2.22. The number of nitrogens with zero attached hydrogens (tertiary/aromatic N) is 2. The molecular formula is C21H26FN5O2. The number of nitrogens with one attached hydrogen (secondary N) is 3. The summed E-state index contributed by atoms with van der Waals surface area (Å²) in [5.41, 5.74) is 1.37. The minimum atomic E-state index is -0.379. The van der Waals surface area contributed by atoms with Crippen LogP contribution in [0.3, 0.4) is 0 Å². The molecule has 1 aliphatic carbocycles. The number of guanidine groups is 1. The summed E-state index contributed by atoms with van der Waals surface area (Å²) in [6, 6.07) is 8.23. The molecule has 0 spiro atoms. The van der Waals surface area contributed by atoms with E-state index < -0.39 is 0 Å². The Balaban J connectivity index is 1.49. The average Bonchev–Trinajstić information content (AvgIpc) is 3.55. The molecule has 8 heteroatoms. The van der Waals surface area contributed by atoms with Gasteiger partial charge in [0.05, 0.1) is 31.1 Å². The van der Waals surface area contributed by atoms with Crippen LogP contribution >= 0.6 is 0 Å². The third-order valence-electron chi connectivity index (χ3n) is 4.57. The van der Waals surface area contributed by atoms with Crippen molar-refractivity contribution in [2.75, 3.05) is 25.5 Å². The molecular weight excluding hydrogens is 373 g/mol. The molecule has 0 bridgehead atoms. The molecule has 1 saturated carbocycles. The van der Waals surface area contributed by atoms with Crippen LogP contribution in [0, 0.1) is 11.7 Å². The number of aliphatic imine (C=N–C) groups is 1. The van der Waals surface area contributed by atoms with Gasteiger partial charge in [0.25, 0.3) is 0 Å². The summed E-state index contributed by atoms with van der Waals surface area (Å²) in [4.78, 5) is 20.1. The molecule has 1 aromatic heterocycles. The Hall–Kier alpha value is -3.16. The first-order chi connectivity index (χ1) is 14.0. The van der Waals surface area contributed by atoms with E-state index in [1.54, 1.807) is 37.6 Å². The van der Waals surface area contributed by atoms with Crippen molar-refractivity contribution in [3.8, 4) is 5.75 Å². The number of anilines is 1. The molecule has 1 atom stereocenters. The van der Waals surface area contributed by atoms with Crippen LogP contribution in [-0.4, -0.2) is 37.1 Å². The van der Waals surface area contributed by atoms with E-state index in [1.807, 2.05) is 13.0 Å². The van der Waals surface area contributed by atoms with Gasteiger partial charge in [-0.05, 0) is 55.5 Å². The van der Waals surface area contributed by atoms with Gasteiger partial charge in [0.1, 0.15) is 0 Å². The number of amides is 1. The van der Waals surface area contributed by atoms with Crippen molar-refractivity contribution in [3.63, 3.8) is 0 Å². The van der Waals surface area contributed by atoms with E-state index in [0.717, 1.165) is 18.4 Å². The lowest BCUT2D eigenvalue weighted by atomic mass is 10.1. The SMILES string of the molecule is CN=C(NCC(=O)Nc1cccnc1)NC(C)c1ccc(OCC2CC2)c(F)c1. The molecule has 1 fully saturated rings. The topological polar surface area (TPSA) is 87.6 Å². The fraction of sp³-hybridized carbons (Fsp3) is 0.381. The number of pyridine rings is 1. The average molecular weight is 399 g/mol. The summed E-state index contributed by atoms with van der Waals surface area (Å²) in [5.74, 6) is 0.683. The van der Waals surface area contributed by atoms with Crippen LogP contribution in [0.25, 0.3) is 0 Å². The van der Waals surface area contributed by atoms with Crippen molar-refractivity contribution in [3.05, 3.63) is 54.1 Å². The second kappa shape index (κ2) is 9.86. The molecule has 0 radical (unpaired) electrons. The molecule has 1 aromatic carbocycles. The lowest BCUT2D eigenvalue weighted by molar-refractivity contribution is -0.115. The zero-order valence-electron chi connectivity index (χ0n) is 16.6. The Morgan fingerprint density at radius 3 is 2.86 bits per heavy atom. The Kier molecular flexibility index (Phi) is 6.99. The number of aromatic nitrogens is 1. The standard InChI is InChI=1S/C21H26FN5O2/c1-14(16-7-8-19(18(22)10-16)29-13-15-5-6-15)26-21(23-2)25-12-20(28)27-17-4-3-9-24-11-17/h3-4,7-11,14-15H,5-6,12-13H2,1-2H3,(H,27,28)(H2,23,25,26). The van der Waals surface area contributed by atoms with E-state index in [1.165, 1.54) is 6.07 Å². The fourth-order valence-corrected chi connectivity index (χ4v) is 2.68. The summed E-state index contributed by atoms with van der Waals surface area (Å²) in [6.07, 6.45) is 5.52. The summed E-state index contributed by atoms with van der Waals surface area (Å²) < 4.78 is 19.8. The van der Waals surface area contributed by atoms with Gasteiger partial charge in [0.2, 0.25) is 5.91 Å². The molecule has 29 heavy (non-hydrogen) atoms. The van der Waals surface area contributed by atoms with E-state index in [-0.39, 0.29) is 30.1 Å². The first-order valence-electron chi connectivity index (χ1n) is 9.64. The van der Waals surface area contributed by atoms with Crippen LogP contribution < -0.4 is 20.7 Å². The second-order valence-electron chi connectivity index (χ2n) is 7.03. The maximum absolute atomic E-state index is 14.3. The number of hydrogen-bond donors (Lipinski definition) is 3. The van der Waals surface area contributed by atoms with Gasteiger partial charge in [-0.1, -0.05) is 6.07 Å². The maximum Gasteiger partial charge on any atom is 0.243 e. The van der Waals surface area contributed by atoms with Crippen LogP contribution in [0.2, 0.25) is 0 Å². The quantitative estimate of drug-likeness (QED) is 0.469. The van der Waals surface area contributed by atoms with Crippen LogP contribution in [0.1, 0.15) is 31.4 Å². The van der Waals surface area contributed by atoms with Gasteiger partial charge < -0.3 is 20.7 Å². The highest BCUT2D eigenvalue weighted by Crippen LogP contribution is 2.30. The summed E-state index contributed by atoms with van der Waals surface area (Å²) in [5, 5.41) is 8.83. The number of hydrogen-bond acceptors (Lipinski definition) is 4. The third kappa shape index (κ3) is 6.44. The number of carbonyl (C=O) groups is 1. The highest BCUT2D eigenvalue weighted by atomic mass is 19.1. The van der Waals surface area contributed by atoms with Gasteiger partial charge in [-0.2, -0.15) is 0 Å². The van der Waals surface area contributed by atoms with Gasteiger partial charge >= 0.3 is 0 Å². The number of halogens is 1. The van der Waals surface area contributed by atoms with Gasteiger partial charge in [0.15, 0.2) is 17.5 Å². The molecule has 1 heterocycles. The minimum Gasteiger partial charge on any atom is -0.490 e. The van der Waals surface area contributed by atoms with Crippen LogP contribution in [0.4, 0.5) is 10.1 Å². The van der Waals surface area contributed by atoms with Crippen molar-refractivity contribution < 1.29 is 13.9 Å². The van der Waals surface area contributed by atoms with Gasteiger partial charge in [-0.15, -0.1) is 0 Å². The van der Waals surface area contributed by atoms with Gasteiger partial charge in [0, 0.05) is 13.2 Å². The highest BCUT2D eigenvalue weighted by molar-refractivity contribution is 5.94. The smallest absolute Gasteiger partial charge is 0.243 e. The number of carbonyl (C=O) groups excluding carboxylic acids is 1. The van der Waals surface area contributed by atoms with E-state index in [9.17, 15) is 9.18 Å². The lowest BCUT2D eigenvalue weighted by Crippen LogP contribution is -2.42. The van der Waals surface area contributed by atoms with Gasteiger partial charge in [-0.3, -0.25) is 14.8 Å². The van der Waals surface area contributed by atoms with Crippen LogP contribution in [0.15, 0.2) is 47.7 Å². The molecule has 154 valence electrons. The molecule has 0 saturated heterocycles. The van der Waals surface area contributed by atoms with E-state index in [2.05, 4.69) is 25.9 Å². The monoisotopic (exact) mass is 399 g/mol. The first-order valence-corrected chi connectivity index (χ1v) is 9.64. The summed E-state index contributed by atoms with van der Waals surface area (Å²) in [6.45, 7) is 2.49. The van der Waals surface area contributed by atoms with Gasteiger partial charge in [-0.25, -0.2) is 4.39 Å². The predicted octanol–water partition coefficient (Wildman–Crippen LogP) is 2.87. The maximum atomic E-state index is 14.3. The van der Waals surface area contributed by atoms with E-state index >= 15 is 0 Å². The second-order valence-corrected chi connectivity index (χ2v) is 7.03. The Morgan fingerprint density at radius 1 is 1.38 bits per heavy atom. The molecule has 3 rings (SSSR count). The fourth-order valence-electron chi connectivity index (χ4n) is 2.68. The number of rotatable bonds is 8. The predicted molar refractivity (Wildman–Crippen MR) is 110 cm³/mol. The number of ether oxygens (including phenoxy) is 1. The zero-order valence-corrected chi connectivity index (χ0v) is 16.6. The number of benzene rings is 1. The van der Waals surface area contributed by atoms with E-state index in [0.29, 0.717) is 24.2 Å². The normalized spacial score (nSPS) is 14.8. The van der Waals surface area contributed by atoms with Crippen molar-refractivity contribution >= 4 is 17.6 Å². The Morgan fingerprint density at radius 2 is 2.21 bits per heavy atom. The summed E-state index contributed by atoms with van der Waals surface area (Å²) >= 11 is 0. The third-order valence-corrected chi connectivity index (χ3v) is 4.57. The molecule has 0 aliphatic heterocycles. The van der Waals surface area contributed by atoms with E-state index in [4.69, 9.17) is 4.74 Å². The lowest BCUT2D eigenvalue weighted by Gasteiger charge is -2.19. The Bertz CT molecular complexity index is 855. The van der Waals surface area contributed by atoms with Crippen molar-refractivity contribution in [2.24, 2.45) is 10.9 Å². The van der Waals surface area contributed by atoms with Crippen molar-refractivity contribution in [1.82, 2.24) is 15.6 Å². The molecule has 1 unspecified atom stereocenters. The van der Waals surface area contributed by atoms with Crippen molar-refractivity contribution in [2.45, 2.75) is 25.8 Å². The molecule has 7 nitrogen and oxygen atoms in total. The molecule has 1 amide bonds. The summed E-state index contributed by atoms with van der Waals surface area (Å²) in [7, 11) is 1.61. The minimum absolute atomic E-state index is 0.0313.